The Morgan fingerprint density at radius 2 is 2.19 bits per heavy atom. The van der Waals surface area contributed by atoms with Crippen LogP contribution in [0, 0.1) is 6.92 Å². The van der Waals surface area contributed by atoms with E-state index in [1.54, 1.807) is 6.92 Å². The van der Waals surface area contributed by atoms with Crippen molar-refractivity contribution >= 4 is 11.7 Å². The van der Waals surface area contributed by atoms with E-state index in [0.717, 1.165) is 31.7 Å². The standard InChI is InChI=1S/C15H27N5O/c1-10(2)16-8-14-11(3)18-19(5)15(14)20-7-6-13(9-20)17-12(4)21/h10,13,16H,6-9H2,1-5H3,(H,17,21). The Balaban J connectivity index is 2.14. The number of hydrogen-bond acceptors (Lipinski definition) is 4. The van der Waals surface area contributed by atoms with Crippen LogP contribution in [0.15, 0.2) is 0 Å². The molecule has 6 nitrogen and oxygen atoms in total. The summed E-state index contributed by atoms with van der Waals surface area (Å²) in [6.45, 7) is 10.6. The first-order chi connectivity index (χ1) is 9.88. The lowest BCUT2D eigenvalue weighted by atomic mass is 10.2. The second-order valence-corrected chi connectivity index (χ2v) is 6.18. The van der Waals surface area contributed by atoms with Gasteiger partial charge in [0.05, 0.1) is 5.69 Å². The van der Waals surface area contributed by atoms with Gasteiger partial charge >= 0.3 is 0 Å². The summed E-state index contributed by atoms with van der Waals surface area (Å²) < 4.78 is 1.96. The molecule has 6 heteroatoms. The molecule has 1 amide bonds. The quantitative estimate of drug-likeness (QED) is 0.848. The minimum Gasteiger partial charge on any atom is -0.354 e. The highest BCUT2D eigenvalue weighted by Gasteiger charge is 2.27. The van der Waals surface area contributed by atoms with E-state index in [1.807, 2.05) is 11.7 Å². The number of nitrogens with zero attached hydrogens (tertiary/aromatic N) is 3. The van der Waals surface area contributed by atoms with Crippen LogP contribution in [0.25, 0.3) is 0 Å². The van der Waals surface area contributed by atoms with Crippen molar-refractivity contribution < 1.29 is 4.79 Å². The van der Waals surface area contributed by atoms with Gasteiger partial charge in [0.2, 0.25) is 5.91 Å². The summed E-state index contributed by atoms with van der Waals surface area (Å²) in [6.07, 6.45) is 0.987. The fraction of sp³-hybridized carbons (Fsp3) is 0.733. The summed E-state index contributed by atoms with van der Waals surface area (Å²) in [5.41, 5.74) is 2.33. The van der Waals surface area contributed by atoms with Gasteiger partial charge in [-0.2, -0.15) is 5.10 Å². The number of hydrogen-bond donors (Lipinski definition) is 2. The van der Waals surface area contributed by atoms with Gasteiger partial charge in [-0.15, -0.1) is 0 Å². The molecule has 0 aromatic carbocycles. The maximum Gasteiger partial charge on any atom is 0.217 e. The third kappa shape index (κ3) is 3.75. The van der Waals surface area contributed by atoms with Crippen LogP contribution in [-0.4, -0.2) is 40.9 Å². The molecule has 0 aliphatic carbocycles. The molecule has 1 fully saturated rings. The van der Waals surface area contributed by atoms with Crippen molar-refractivity contribution in [1.29, 1.82) is 0 Å². The molecule has 0 spiro atoms. The van der Waals surface area contributed by atoms with E-state index in [0.29, 0.717) is 6.04 Å². The zero-order chi connectivity index (χ0) is 15.6. The average Bonchev–Trinajstić information content (AvgIpc) is 2.90. The van der Waals surface area contributed by atoms with E-state index >= 15 is 0 Å². The molecule has 1 unspecified atom stereocenters. The third-order valence-corrected chi connectivity index (χ3v) is 3.90. The van der Waals surface area contributed by atoms with Crippen LogP contribution in [0.3, 0.4) is 0 Å². The van der Waals surface area contributed by atoms with Crippen molar-refractivity contribution in [2.75, 3.05) is 18.0 Å². The smallest absolute Gasteiger partial charge is 0.217 e. The highest BCUT2D eigenvalue weighted by Crippen LogP contribution is 2.26. The first kappa shape index (κ1) is 15.8. The fourth-order valence-corrected chi connectivity index (χ4v) is 2.96. The molecule has 0 saturated carbocycles. The predicted molar refractivity (Wildman–Crippen MR) is 84.4 cm³/mol. The van der Waals surface area contributed by atoms with Crippen LogP contribution >= 0.6 is 0 Å². The van der Waals surface area contributed by atoms with Crippen molar-refractivity contribution in [3.63, 3.8) is 0 Å². The van der Waals surface area contributed by atoms with Crippen LogP contribution in [0.2, 0.25) is 0 Å². The van der Waals surface area contributed by atoms with Crippen molar-refractivity contribution in [1.82, 2.24) is 20.4 Å². The van der Waals surface area contributed by atoms with E-state index in [-0.39, 0.29) is 11.9 Å². The largest absolute Gasteiger partial charge is 0.354 e. The average molecular weight is 293 g/mol. The number of aryl methyl sites for hydroxylation is 2. The molecule has 2 N–H and O–H groups in total. The minimum absolute atomic E-state index is 0.0461. The monoisotopic (exact) mass is 293 g/mol. The minimum atomic E-state index is 0.0461. The normalized spacial score (nSPS) is 18.6. The summed E-state index contributed by atoms with van der Waals surface area (Å²) in [7, 11) is 1.99. The SMILES string of the molecule is CC(=O)NC1CCN(c2c(CNC(C)C)c(C)nn2C)C1. The molecular weight excluding hydrogens is 266 g/mol. The Bertz CT molecular complexity index is 508. The molecular formula is C15H27N5O. The molecule has 1 atom stereocenters. The van der Waals surface area contributed by atoms with E-state index in [9.17, 15) is 4.79 Å². The molecule has 1 saturated heterocycles. The van der Waals surface area contributed by atoms with E-state index in [4.69, 9.17) is 0 Å². The number of amides is 1. The molecule has 0 radical (unpaired) electrons. The first-order valence-electron chi connectivity index (χ1n) is 7.66. The Kier molecular flexibility index (Phi) is 4.88. The first-order valence-corrected chi connectivity index (χ1v) is 7.66. The van der Waals surface area contributed by atoms with Gasteiger partial charge in [0.25, 0.3) is 0 Å². The molecule has 1 aliphatic heterocycles. The van der Waals surface area contributed by atoms with Gasteiger partial charge in [0.1, 0.15) is 5.82 Å². The highest BCUT2D eigenvalue weighted by atomic mass is 16.1. The Hall–Kier alpha value is -1.56. The zero-order valence-corrected chi connectivity index (χ0v) is 13.7. The maximum atomic E-state index is 11.2. The van der Waals surface area contributed by atoms with Crippen molar-refractivity contribution in [2.45, 2.75) is 52.7 Å². The molecule has 1 aliphatic rings. The lowest BCUT2D eigenvalue weighted by Crippen LogP contribution is -2.36. The number of nitrogens with one attached hydrogen (secondary N) is 2. The fourth-order valence-electron chi connectivity index (χ4n) is 2.96. The number of carbonyl (C=O) groups is 1. The summed E-state index contributed by atoms with van der Waals surface area (Å²) in [6, 6.07) is 0.687. The van der Waals surface area contributed by atoms with Crippen LogP contribution in [-0.2, 0) is 18.4 Å². The second kappa shape index (κ2) is 6.47. The second-order valence-electron chi connectivity index (χ2n) is 6.18. The predicted octanol–water partition coefficient (Wildman–Crippen LogP) is 0.941. The van der Waals surface area contributed by atoms with E-state index in [2.05, 4.69) is 41.4 Å². The van der Waals surface area contributed by atoms with E-state index < -0.39 is 0 Å². The van der Waals surface area contributed by atoms with Gasteiger partial charge in [-0.3, -0.25) is 9.48 Å². The van der Waals surface area contributed by atoms with Gasteiger partial charge in [-0.25, -0.2) is 0 Å². The third-order valence-electron chi connectivity index (χ3n) is 3.90. The van der Waals surface area contributed by atoms with Crippen molar-refractivity contribution in [3.8, 4) is 0 Å². The van der Waals surface area contributed by atoms with Crippen LogP contribution < -0.4 is 15.5 Å². The molecule has 118 valence electrons. The number of rotatable bonds is 5. The summed E-state index contributed by atoms with van der Waals surface area (Å²) in [5, 5.41) is 11.1. The van der Waals surface area contributed by atoms with Gasteiger partial charge in [0.15, 0.2) is 0 Å². The van der Waals surface area contributed by atoms with Gasteiger partial charge < -0.3 is 15.5 Å². The van der Waals surface area contributed by atoms with Crippen LogP contribution in [0.4, 0.5) is 5.82 Å². The van der Waals surface area contributed by atoms with E-state index in [1.165, 1.54) is 11.4 Å². The number of carbonyl (C=O) groups excluding carboxylic acids is 1. The molecule has 1 aromatic heterocycles. The molecule has 2 heterocycles. The zero-order valence-electron chi connectivity index (χ0n) is 13.7. The molecule has 1 aromatic rings. The number of anilines is 1. The Morgan fingerprint density at radius 3 is 2.81 bits per heavy atom. The van der Waals surface area contributed by atoms with Crippen molar-refractivity contribution in [3.05, 3.63) is 11.3 Å². The lowest BCUT2D eigenvalue weighted by molar-refractivity contribution is -0.119. The molecule has 2 rings (SSSR count). The van der Waals surface area contributed by atoms with Crippen molar-refractivity contribution in [2.24, 2.45) is 7.05 Å². The van der Waals surface area contributed by atoms with Crippen LogP contribution in [0.5, 0.6) is 0 Å². The molecule has 0 bridgehead atoms. The maximum absolute atomic E-state index is 11.2. The Labute approximate surface area is 126 Å². The summed E-state index contributed by atoms with van der Waals surface area (Å²) >= 11 is 0. The lowest BCUT2D eigenvalue weighted by Gasteiger charge is -2.21. The Morgan fingerprint density at radius 1 is 1.48 bits per heavy atom. The number of aromatic nitrogens is 2. The van der Waals surface area contributed by atoms with Gasteiger partial charge in [-0.05, 0) is 13.3 Å². The topological polar surface area (TPSA) is 62.2 Å². The summed E-state index contributed by atoms with van der Waals surface area (Å²) in [4.78, 5) is 13.5. The van der Waals surface area contributed by atoms with Gasteiger partial charge in [-0.1, -0.05) is 13.8 Å². The highest BCUT2D eigenvalue weighted by molar-refractivity contribution is 5.73. The molecule has 21 heavy (non-hydrogen) atoms. The van der Waals surface area contributed by atoms with Gasteiger partial charge in [0, 0.05) is 51.3 Å². The van der Waals surface area contributed by atoms with Crippen LogP contribution in [0.1, 0.15) is 38.4 Å². The summed E-state index contributed by atoms with van der Waals surface area (Å²) in [5.74, 6) is 1.22.